The predicted molar refractivity (Wildman–Crippen MR) is 80.2 cm³/mol. The molecule has 1 heterocycles. The van der Waals surface area contributed by atoms with Gasteiger partial charge < -0.3 is 5.32 Å². The van der Waals surface area contributed by atoms with E-state index in [0.29, 0.717) is 11.5 Å². The average Bonchev–Trinajstić information content (AvgIpc) is 2.65. The first-order valence-corrected chi connectivity index (χ1v) is 7.58. The van der Waals surface area contributed by atoms with Crippen molar-refractivity contribution in [3.63, 3.8) is 0 Å². The van der Waals surface area contributed by atoms with Crippen LogP contribution in [0.2, 0.25) is 0 Å². The van der Waals surface area contributed by atoms with E-state index in [2.05, 4.69) is 51.3 Å². The summed E-state index contributed by atoms with van der Waals surface area (Å²) in [5, 5.41) is 8.00. The molecule has 1 N–H and O–H groups in total. The minimum absolute atomic E-state index is 0.553. The Morgan fingerprint density at radius 2 is 2.05 bits per heavy atom. The summed E-state index contributed by atoms with van der Waals surface area (Å²) in [6, 6.07) is 2.81. The van der Waals surface area contributed by atoms with Crippen molar-refractivity contribution in [2.24, 2.45) is 18.4 Å². The van der Waals surface area contributed by atoms with Crippen LogP contribution in [0, 0.1) is 18.3 Å². The summed E-state index contributed by atoms with van der Waals surface area (Å²) in [6.45, 7) is 6.88. The molecule has 1 fully saturated rings. The number of nitrogens with zero attached hydrogens (tertiary/aromatic N) is 2. The lowest BCUT2D eigenvalue weighted by Gasteiger charge is -2.38. The van der Waals surface area contributed by atoms with Crippen LogP contribution in [0.3, 0.4) is 0 Å². The fourth-order valence-electron chi connectivity index (χ4n) is 3.41. The largest absolute Gasteiger partial charge is 0.316 e. The van der Waals surface area contributed by atoms with Gasteiger partial charge in [-0.25, -0.2) is 0 Å². The molecule has 0 amide bonds. The first kappa shape index (κ1) is 14.6. The molecule has 1 aromatic rings. The third kappa shape index (κ3) is 3.59. The van der Waals surface area contributed by atoms with Crippen molar-refractivity contribution in [2.45, 2.75) is 58.9 Å². The van der Waals surface area contributed by atoms with Gasteiger partial charge in [0.25, 0.3) is 0 Å². The lowest BCUT2D eigenvalue weighted by molar-refractivity contribution is 0.163. The first-order valence-electron chi connectivity index (χ1n) is 7.58. The zero-order valence-electron chi connectivity index (χ0n) is 13.2. The molecule has 2 rings (SSSR count). The Kier molecular flexibility index (Phi) is 4.34. The molecule has 108 valence electrons. The third-order valence-corrected chi connectivity index (χ3v) is 4.85. The minimum Gasteiger partial charge on any atom is -0.316 e. The highest BCUT2D eigenvalue weighted by atomic mass is 15.3. The minimum atomic E-state index is 0.553. The number of hydrogen-bond donors (Lipinski definition) is 1. The Morgan fingerprint density at radius 3 is 2.53 bits per heavy atom. The summed E-state index contributed by atoms with van der Waals surface area (Å²) in [5.41, 5.74) is 3.02. The Bertz CT molecular complexity index is 410. The summed E-state index contributed by atoms with van der Waals surface area (Å²) in [6.07, 6.45) is 6.53. The van der Waals surface area contributed by atoms with Gasteiger partial charge in [0.05, 0.1) is 5.69 Å². The highest BCUT2D eigenvalue weighted by Crippen LogP contribution is 2.39. The molecule has 1 aliphatic carbocycles. The van der Waals surface area contributed by atoms with Crippen LogP contribution < -0.4 is 5.32 Å². The van der Waals surface area contributed by atoms with E-state index in [1.807, 2.05) is 4.68 Å². The van der Waals surface area contributed by atoms with Gasteiger partial charge in [-0.3, -0.25) is 4.68 Å². The normalized spacial score (nSPS) is 21.5. The van der Waals surface area contributed by atoms with E-state index >= 15 is 0 Å². The monoisotopic (exact) mass is 263 g/mol. The number of hydrogen-bond acceptors (Lipinski definition) is 2. The van der Waals surface area contributed by atoms with Crippen LogP contribution in [-0.4, -0.2) is 22.9 Å². The van der Waals surface area contributed by atoms with Gasteiger partial charge in [-0.05, 0) is 57.1 Å². The van der Waals surface area contributed by atoms with Crippen molar-refractivity contribution in [3.8, 4) is 0 Å². The Hall–Kier alpha value is -0.830. The summed E-state index contributed by atoms with van der Waals surface area (Å²) < 4.78 is 2.03. The molecule has 0 spiro atoms. The van der Waals surface area contributed by atoms with E-state index in [1.54, 1.807) is 0 Å². The van der Waals surface area contributed by atoms with Crippen LogP contribution in [0.1, 0.15) is 50.9 Å². The number of nitrogens with one attached hydrogen (secondary N) is 1. The molecular weight excluding hydrogens is 234 g/mol. The molecule has 0 radical (unpaired) electrons. The van der Waals surface area contributed by atoms with Gasteiger partial charge in [-0.15, -0.1) is 0 Å². The van der Waals surface area contributed by atoms with Gasteiger partial charge >= 0.3 is 0 Å². The number of likely N-dealkylation sites (N-methyl/N-ethyl adjacent to an activating group) is 1. The second-order valence-electron chi connectivity index (χ2n) is 7.00. The van der Waals surface area contributed by atoms with Gasteiger partial charge in [-0.1, -0.05) is 13.8 Å². The smallest absolute Gasteiger partial charge is 0.0596 e. The Balaban J connectivity index is 1.99. The molecule has 3 nitrogen and oxygen atoms in total. The van der Waals surface area contributed by atoms with Crippen molar-refractivity contribution in [2.75, 3.05) is 7.05 Å². The maximum Gasteiger partial charge on any atom is 0.0596 e. The van der Waals surface area contributed by atoms with E-state index in [0.717, 1.165) is 18.0 Å². The third-order valence-electron chi connectivity index (χ3n) is 4.85. The topological polar surface area (TPSA) is 29.9 Å². The quantitative estimate of drug-likeness (QED) is 0.904. The molecule has 0 aromatic carbocycles. The van der Waals surface area contributed by atoms with E-state index in [1.165, 1.54) is 31.4 Å². The predicted octanol–water partition coefficient (Wildman–Crippen LogP) is 3.08. The molecular formula is C16H29N3. The second-order valence-corrected chi connectivity index (χ2v) is 7.00. The van der Waals surface area contributed by atoms with Crippen molar-refractivity contribution in [3.05, 3.63) is 17.5 Å². The zero-order valence-corrected chi connectivity index (χ0v) is 13.2. The van der Waals surface area contributed by atoms with Crippen LogP contribution in [0.4, 0.5) is 0 Å². The number of aromatic nitrogens is 2. The van der Waals surface area contributed by atoms with Crippen LogP contribution in [0.15, 0.2) is 6.07 Å². The van der Waals surface area contributed by atoms with Gasteiger partial charge in [0.1, 0.15) is 0 Å². The highest BCUT2D eigenvalue weighted by molar-refractivity contribution is 5.10. The Morgan fingerprint density at radius 1 is 1.42 bits per heavy atom. The van der Waals surface area contributed by atoms with Crippen molar-refractivity contribution in [1.29, 1.82) is 0 Å². The van der Waals surface area contributed by atoms with E-state index < -0.39 is 0 Å². The van der Waals surface area contributed by atoms with Crippen molar-refractivity contribution >= 4 is 0 Å². The molecule has 1 atom stereocenters. The van der Waals surface area contributed by atoms with Crippen LogP contribution in [0.25, 0.3) is 0 Å². The van der Waals surface area contributed by atoms with Crippen LogP contribution in [0.5, 0.6) is 0 Å². The molecule has 1 aliphatic rings. The highest BCUT2D eigenvalue weighted by Gasteiger charge is 2.31. The van der Waals surface area contributed by atoms with Crippen molar-refractivity contribution < 1.29 is 0 Å². The van der Waals surface area contributed by atoms with Gasteiger partial charge in [-0.2, -0.15) is 5.10 Å². The summed E-state index contributed by atoms with van der Waals surface area (Å²) >= 11 is 0. The summed E-state index contributed by atoms with van der Waals surface area (Å²) in [7, 11) is 4.16. The fourth-order valence-corrected chi connectivity index (χ4v) is 3.41. The average molecular weight is 263 g/mol. The lowest BCUT2D eigenvalue weighted by Crippen LogP contribution is -2.39. The standard InChI is InChI=1S/C16H29N3/c1-12-10-14(19(5)18-12)11-15(17-4)13-6-8-16(2,3)9-7-13/h10,13,15,17H,6-9,11H2,1-5H3. The van der Waals surface area contributed by atoms with Gasteiger partial charge in [0.15, 0.2) is 0 Å². The fraction of sp³-hybridized carbons (Fsp3) is 0.812. The Labute approximate surface area is 117 Å². The van der Waals surface area contributed by atoms with Gasteiger partial charge in [0, 0.05) is 25.2 Å². The SMILES string of the molecule is CNC(Cc1cc(C)nn1C)C1CCC(C)(C)CC1. The van der Waals surface area contributed by atoms with E-state index in [4.69, 9.17) is 0 Å². The molecule has 1 saturated carbocycles. The summed E-state index contributed by atoms with van der Waals surface area (Å²) in [5.74, 6) is 0.813. The lowest BCUT2D eigenvalue weighted by atomic mass is 9.70. The molecule has 3 heteroatoms. The number of aryl methyl sites for hydroxylation is 2. The van der Waals surface area contributed by atoms with Crippen molar-refractivity contribution in [1.82, 2.24) is 15.1 Å². The molecule has 0 bridgehead atoms. The second kappa shape index (κ2) is 5.66. The van der Waals surface area contributed by atoms with Crippen LogP contribution >= 0.6 is 0 Å². The molecule has 0 aliphatic heterocycles. The zero-order chi connectivity index (χ0) is 14.0. The first-order chi connectivity index (χ1) is 8.91. The van der Waals surface area contributed by atoms with E-state index in [-0.39, 0.29) is 0 Å². The maximum absolute atomic E-state index is 4.46. The van der Waals surface area contributed by atoms with E-state index in [9.17, 15) is 0 Å². The van der Waals surface area contributed by atoms with Gasteiger partial charge in [0.2, 0.25) is 0 Å². The number of rotatable bonds is 4. The molecule has 0 saturated heterocycles. The molecule has 1 unspecified atom stereocenters. The van der Waals surface area contributed by atoms with Crippen LogP contribution in [-0.2, 0) is 13.5 Å². The molecule has 1 aromatic heterocycles. The molecule has 19 heavy (non-hydrogen) atoms. The maximum atomic E-state index is 4.46. The summed E-state index contributed by atoms with van der Waals surface area (Å²) in [4.78, 5) is 0.